The summed E-state index contributed by atoms with van der Waals surface area (Å²) >= 11 is 0. The molecule has 0 fully saturated rings. The Labute approximate surface area is 172 Å². The summed E-state index contributed by atoms with van der Waals surface area (Å²) in [6.45, 7) is 22.1. The molecule has 0 saturated heterocycles. The molecule has 0 aliphatic carbocycles. The lowest BCUT2D eigenvalue weighted by Crippen LogP contribution is -2.28. The van der Waals surface area contributed by atoms with Gasteiger partial charge in [0.05, 0.1) is 5.70 Å². The number of hydrogen-bond acceptors (Lipinski definition) is 1. The molecule has 2 rings (SSSR count). The largest absolute Gasteiger partial charge is 0.313 e. The molecule has 1 aliphatic heterocycles. The van der Waals surface area contributed by atoms with Gasteiger partial charge < -0.3 is 4.90 Å². The highest BCUT2D eigenvalue weighted by Gasteiger charge is 2.28. The van der Waals surface area contributed by atoms with E-state index in [0.29, 0.717) is 5.92 Å². The van der Waals surface area contributed by atoms with E-state index in [4.69, 9.17) is 0 Å². The van der Waals surface area contributed by atoms with Crippen LogP contribution in [0.2, 0.25) is 0 Å². The fourth-order valence-electron chi connectivity index (χ4n) is 3.95. The van der Waals surface area contributed by atoms with Gasteiger partial charge in [0, 0.05) is 17.0 Å². The van der Waals surface area contributed by atoms with Crippen LogP contribution < -0.4 is 4.90 Å². The van der Waals surface area contributed by atoms with Crippen LogP contribution in [-0.2, 0) is 0 Å². The fourth-order valence-corrected chi connectivity index (χ4v) is 3.95. The molecule has 0 unspecified atom stereocenters. The zero-order valence-corrected chi connectivity index (χ0v) is 18.7. The average molecular weight is 376 g/mol. The zero-order chi connectivity index (χ0) is 20.8. The van der Waals surface area contributed by atoms with Gasteiger partial charge in [0.2, 0.25) is 0 Å². The first kappa shape index (κ1) is 22.0. The second-order valence-electron chi connectivity index (χ2n) is 8.35. The number of rotatable bonds is 7. The van der Waals surface area contributed by atoms with Crippen molar-refractivity contribution in [1.29, 1.82) is 0 Å². The molecule has 0 bridgehead atoms. The first-order valence-corrected chi connectivity index (χ1v) is 10.6. The van der Waals surface area contributed by atoms with Gasteiger partial charge in [0.15, 0.2) is 0 Å². The van der Waals surface area contributed by atoms with Crippen molar-refractivity contribution in [1.82, 2.24) is 0 Å². The van der Waals surface area contributed by atoms with Crippen LogP contribution in [0.15, 0.2) is 83.3 Å². The summed E-state index contributed by atoms with van der Waals surface area (Å²) in [6.07, 6.45) is 8.69. The highest BCUT2D eigenvalue weighted by atomic mass is 15.2. The van der Waals surface area contributed by atoms with E-state index < -0.39 is 0 Å². The van der Waals surface area contributed by atoms with Gasteiger partial charge in [-0.15, -0.1) is 0 Å². The van der Waals surface area contributed by atoms with E-state index in [9.17, 15) is 0 Å². The van der Waals surface area contributed by atoms with Crippen molar-refractivity contribution in [3.05, 3.63) is 88.8 Å². The molecule has 1 nitrogen and oxygen atoms in total. The van der Waals surface area contributed by atoms with Gasteiger partial charge in [-0.05, 0) is 74.8 Å². The zero-order valence-electron chi connectivity index (χ0n) is 18.7. The minimum atomic E-state index is 0.694. The van der Waals surface area contributed by atoms with Crippen molar-refractivity contribution < 1.29 is 0 Å². The molecular formula is C27H37N. The van der Waals surface area contributed by atoms with Crippen molar-refractivity contribution >= 4 is 5.69 Å². The summed E-state index contributed by atoms with van der Waals surface area (Å²) in [5.41, 5.74) is 10.2. The van der Waals surface area contributed by atoms with Gasteiger partial charge in [0.25, 0.3) is 0 Å². The van der Waals surface area contributed by atoms with E-state index in [0.717, 1.165) is 24.8 Å². The lowest BCUT2D eigenvalue weighted by atomic mass is 9.86. The van der Waals surface area contributed by atoms with Crippen LogP contribution in [0.4, 0.5) is 5.69 Å². The highest BCUT2D eigenvalue weighted by molar-refractivity contribution is 5.74. The monoisotopic (exact) mass is 375 g/mol. The van der Waals surface area contributed by atoms with Crippen molar-refractivity contribution in [3.8, 4) is 0 Å². The molecule has 1 heteroatoms. The minimum Gasteiger partial charge on any atom is -0.313 e. The Bertz CT molecular complexity index is 830. The molecule has 28 heavy (non-hydrogen) atoms. The van der Waals surface area contributed by atoms with E-state index in [-0.39, 0.29) is 0 Å². The van der Waals surface area contributed by atoms with Crippen LogP contribution in [0, 0.1) is 12.8 Å². The summed E-state index contributed by atoms with van der Waals surface area (Å²) in [5.74, 6) is 0.694. The first-order chi connectivity index (χ1) is 13.3. The predicted octanol–water partition coefficient (Wildman–Crippen LogP) is 8.27. The number of aryl methyl sites for hydroxylation is 1. The van der Waals surface area contributed by atoms with Crippen molar-refractivity contribution in [2.75, 3.05) is 4.90 Å². The lowest BCUT2D eigenvalue weighted by Gasteiger charge is -2.37. The van der Waals surface area contributed by atoms with E-state index in [1.807, 2.05) is 6.08 Å². The maximum atomic E-state index is 4.44. The van der Waals surface area contributed by atoms with Gasteiger partial charge in [-0.25, -0.2) is 0 Å². The van der Waals surface area contributed by atoms with Gasteiger partial charge >= 0.3 is 0 Å². The van der Waals surface area contributed by atoms with Crippen LogP contribution in [0.1, 0.15) is 65.9 Å². The Morgan fingerprint density at radius 1 is 1.14 bits per heavy atom. The van der Waals surface area contributed by atoms with Crippen LogP contribution in [0.25, 0.3) is 0 Å². The molecule has 0 saturated carbocycles. The predicted molar refractivity (Wildman–Crippen MR) is 125 cm³/mol. The van der Waals surface area contributed by atoms with Gasteiger partial charge in [-0.1, -0.05) is 70.2 Å². The number of benzene rings is 1. The van der Waals surface area contributed by atoms with Gasteiger partial charge in [-0.2, -0.15) is 0 Å². The molecule has 0 aromatic heterocycles. The third kappa shape index (κ3) is 4.76. The SMILES string of the molecule is C=C/C(CCC)=C1\C(=C(/C)CCC(C)C)C(=C)C=C(C)N1c1ccccc1C. The van der Waals surface area contributed by atoms with E-state index in [1.54, 1.807) is 0 Å². The number of anilines is 1. The number of hydrogen-bond donors (Lipinski definition) is 0. The number of nitrogens with zero attached hydrogens (tertiary/aromatic N) is 1. The van der Waals surface area contributed by atoms with Crippen LogP contribution >= 0.6 is 0 Å². The third-order valence-corrected chi connectivity index (χ3v) is 5.47. The maximum absolute atomic E-state index is 4.44. The summed E-state index contributed by atoms with van der Waals surface area (Å²) in [7, 11) is 0. The standard InChI is InChI=1S/C27H37N/c1-9-13-24(10-2)27-26(21(6)17-16-19(3)4)22(7)18-23(8)28(27)25-15-12-11-14-20(25)5/h10-12,14-15,18-19H,2,7,9,13,16-17H2,1,3-6,8H3/b26-21+,27-24-. The van der Waals surface area contributed by atoms with Crippen molar-refractivity contribution in [2.24, 2.45) is 5.92 Å². The number of allylic oxidation sites excluding steroid dienone is 6. The smallest absolute Gasteiger partial charge is 0.0567 e. The molecule has 1 aromatic rings. The lowest BCUT2D eigenvalue weighted by molar-refractivity contribution is 0.583. The molecule has 0 spiro atoms. The maximum Gasteiger partial charge on any atom is 0.0567 e. The Kier molecular flexibility index (Phi) is 7.69. The fraction of sp³-hybridized carbons (Fsp3) is 0.407. The Morgan fingerprint density at radius 2 is 1.82 bits per heavy atom. The molecule has 1 heterocycles. The second kappa shape index (κ2) is 9.78. The minimum absolute atomic E-state index is 0.694. The molecule has 150 valence electrons. The van der Waals surface area contributed by atoms with Crippen LogP contribution in [0.5, 0.6) is 0 Å². The Balaban J connectivity index is 2.78. The molecule has 1 aromatic carbocycles. The molecule has 0 radical (unpaired) electrons. The summed E-state index contributed by atoms with van der Waals surface area (Å²) in [4.78, 5) is 2.42. The summed E-state index contributed by atoms with van der Waals surface area (Å²) in [6, 6.07) is 8.63. The van der Waals surface area contributed by atoms with Crippen LogP contribution in [0.3, 0.4) is 0 Å². The molecule has 0 amide bonds. The third-order valence-electron chi connectivity index (χ3n) is 5.47. The first-order valence-electron chi connectivity index (χ1n) is 10.6. The van der Waals surface area contributed by atoms with Crippen molar-refractivity contribution in [3.63, 3.8) is 0 Å². The normalized spacial score (nSPS) is 18.3. The van der Waals surface area contributed by atoms with E-state index >= 15 is 0 Å². The molecule has 0 atom stereocenters. The molecular weight excluding hydrogens is 338 g/mol. The summed E-state index contributed by atoms with van der Waals surface area (Å²) < 4.78 is 0. The Hall–Kier alpha value is -2.28. The summed E-state index contributed by atoms with van der Waals surface area (Å²) in [5, 5.41) is 0. The molecule has 1 aliphatic rings. The highest BCUT2D eigenvalue weighted by Crippen LogP contribution is 2.42. The topological polar surface area (TPSA) is 3.24 Å². The van der Waals surface area contributed by atoms with Crippen LogP contribution in [-0.4, -0.2) is 0 Å². The van der Waals surface area contributed by atoms with Crippen molar-refractivity contribution in [2.45, 2.75) is 67.2 Å². The van der Waals surface area contributed by atoms with E-state index in [1.165, 1.54) is 45.8 Å². The van der Waals surface area contributed by atoms with Gasteiger partial charge in [0.1, 0.15) is 0 Å². The quantitative estimate of drug-likeness (QED) is 0.463. The second-order valence-corrected chi connectivity index (χ2v) is 8.35. The van der Waals surface area contributed by atoms with E-state index in [2.05, 4.69) is 89.9 Å². The van der Waals surface area contributed by atoms with Gasteiger partial charge in [-0.3, -0.25) is 0 Å². The average Bonchev–Trinajstić information content (AvgIpc) is 2.64. The molecule has 0 N–H and O–H groups in total. The Morgan fingerprint density at radius 3 is 2.39 bits per heavy atom. The number of para-hydroxylation sites is 1.